The van der Waals surface area contributed by atoms with Crippen LogP contribution in [0, 0.1) is 23.7 Å². The monoisotopic (exact) mass is 1390 g/mol. The summed E-state index contributed by atoms with van der Waals surface area (Å²) in [6.07, 6.45) is -18.0. The van der Waals surface area contributed by atoms with Gasteiger partial charge in [-0.15, -0.1) is 5.10 Å². The van der Waals surface area contributed by atoms with Gasteiger partial charge < -0.3 is 145 Å². The van der Waals surface area contributed by atoms with Crippen LogP contribution in [0.15, 0.2) is 6.20 Å². The third-order valence-electron chi connectivity index (χ3n) is 20.7. The molecule has 0 spiro atoms. The number of carbonyl (C=O) groups is 1. The highest BCUT2D eigenvalue weighted by Crippen LogP contribution is 2.49. The fourth-order valence-corrected chi connectivity index (χ4v) is 16.3. The lowest BCUT2D eigenvalue weighted by Gasteiger charge is -2.57. The zero-order chi connectivity index (χ0) is 70.5. The Morgan fingerprint density at radius 3 is 1.31 bits per heavy atom. The van der Waals surface area contributed by atoms with Gasteiger partial charge in [-0.05, 0) is 20.3 Å². The third-order valence-corrected chi connectivity index (χ3v) is 20.7. The molecule has 1 aromatic rings. The minimum atomic E-state index is -2.18. The Balaban J connectivity index is 1.29. The van der Waals surface area contributed by atoms with E-state index in [4.69, 9.17) is 114 Å². The van der Waals surface area contributed by atoms with E-state index in [1.807, 2.05) is 6.92 Å². The number of amides is 1. The van der Waals surface area contributed by atoms with Crippen LogP contribution in [0.25, 0.3) is 0 Å². The van der Waals surface area contributed by atoms with Crippen molar-refractivity contribution >= 4 is 5.91 Å². The van der Waals surface area contributed by atoms with Crippen molar-refractivity contribution in [1.82, 2.24) is 25.6 Å². The predicted octanol–water partition coefficient (Wildman–Crippen LogP) is -2.66. The van der Waals surface area contributed by atoms with Crippen LogP contribution in [-0.4, -0.2) is 373 Å². The summed E-state index contributed by atoms with van der Waals surface area (Å²) in [6, 6.07) is -4.86. The highest BCUT2D eigenvalue weighted by Gasteiger charge is 2.65. The minimum Gasteiger partial charge on any atom is -0.396 e. The second-order valence-electron chi connectivity index (χ2n) is 25.2. The second kappa shape index (κ2) is 37.1. The summed E-state index contributed by atoms with van der Waals surface area (Å²) in [5.41, 5.74) is -4.55. The largest absolute Gasteiger partial charge is 0.396 e. The maximum atomic E-state index is 16.0. The highest BCUT2D eigenvalue weighted by molar-refractivity contribution is 5.92. The molecule has 6 aliphatic rings. The quantitative estimate of drug-likeness (QED) is 0.0404. The molecule has 4 saturated heterocycles. The van der Waals surface area contributed by atoms with Crippen molar-refractivity contribution in [2.24, 2.45) is 23.7 Å². The lowest BCUT2D eigenvalue weighted by molar-refractivity contribution is -0.359. The molecule has 7 rings (SSSR count). The summed E-state index contributed by atoms with van der Waals surface area (Å²) < 4.78 is 149. The molecule has 2 saturated carbocycles. The molecule has 32 atom stereocenters. The molecule has 96 heavy (non-hydrogen) atoms. The lowest BCUT2D eigenvalue weighted by atomic mass is 9.61. The van der Waals surface area contributed by atoms with Gasteiger partial charge in [0.2, 0.25) is 0 Å². The van der Waals surface area contributed by atoms with Crippen LogP contribution in [0.4, 0.5) is 0 Å². The van der Waals surface area contributed by atoms with E-state index in [1.54, 1.807) is 6.92 Å². The van der Waals surface area contributed by atoms with Crippen LogP contribution in [0.3, 0.4) is 0 Å². The molecule has 558 valence electrons. The highest BCUT2D eigenvalue weighted by atomic mass is 16.8. The van der Waals surface area contributed by atoms with E-state index in [1.165, 1.54) is 139 Å². The Labute approximate surface area is 562 Å². The van der Waals surface area contributed by atoms with Gasteiger partial charge in [0.05, 0.1) is 101 Å². The maximum absolute atomic E-state index is 16.0. The van der Waals surface area contributed by atoms with Crippen molar-refractivity contribution in [2.75, 3.05) is 168 Å². The first-order valence-electron chi connectivity index (χ1n) is 32.2. The van der Waals surface area contributed by atoms with Gasteiger partial charge in [-0.2, -0.15) is 0 Å². The number of hydrogen-bond donors (Lipinski definition) is 6. The van der Waals surface area contributed by atoms with E-state index in [-0.39, 0.29) is 25.3 Å². The van der Waals surface area contributed by atoms with Crippen molar-refractivity contribution < 1.29 is 139 Å². The van der Waals surface area contributed by atoms with Crippen molar-refractivity contribution in [3.8, 4) is 0 Å². The molecule has 2 aliphatic carbocycles. The number of hydrogen-bond acceptors (Lipinski definition) is 32. The Bertz CT molecular complexity index is 2440. The number of aliphatic hydroxyl groups is 4. The number of rotatable bonds is 35. The molecule has 5 heterocycles. The first-order chi connectivity index (χ1) is 46.2. The average Bonchev–Trinajstić information content (AvgIpc) is 1.10. The van der Waals surface area contributed by atoms with E-state index in [9.17, 15) is 20.4 Å². The van der Waals surface area contributed by atoms with Gasteiger partial charge in [-0.25, -0.2) is 4.68 Å². The Hall–Kier alpha value is -2.55. The molecule has 6 N–H and O–H groups in total. The topological polar surface area (TPSA) is 374 Å². The zero-order valence-electron chi connectivity index (χ0n) is 59.2. The molecule has 4 aliphatic heterocycles. The minimum absolute atomic E-state index is 0.0696. The van der Waals surface area contributed by atoms with E-state index in [2.05, 4.69) is 20.9 Å². The van der Waals surface area contributed by atoms with Gasteiger partial charge in [0, 0.05) is 152 Å². The van der Waals surface area contributed by atoms with Crippen molar-refractivity contribution in [3.63, 3.8) is 0 Å². The molecule has 6 fully saturated rings. The molecule has 34 nitrogen and oxygen atoms in total. The predicted molar refractivity (Wildman–Crippen MR) is 330 cm³/mol. The number of nitrogens with one attached hydrogen (secondary N) is 2. The molecule has 0 radical (unpaired) electrons. The summed E-state index contributed by atoms with van der Waals surface area (Å²) in [6.45, 7) is 1.58. The molecule has 26 unspecified atom stereocenters. The van der Waals surface area contributed by atoms with Gasteiger partial charge >= 0.3 is 0 Å². The molecular formula is C62H111N5O29. The zero-order valence-corrected chi connectivity index (χ0v) is 59.2. The Morgan fingerprint density at radius 2 is 0.875 bits per heavy atom. The van der Waals surface area contributed by atoms with Crippen LogP contribution in [0.5, 0.6) is 0 Å². The maximum Gasteiger partial charge on any atom is 0.271 e. The summed E-state index contributed by atoms with van der Waals surface area (Å²) in [7, 11) is 26.6. The molecule has 0 aromatic carbocycles. The molecular weight excluding hydrogens is 1280 g/mol. The average molecular weight is 1390 g/mol. The first kappa shape index (κ1) is 80.8. The van der Waals surface area contributed by atoms with E-state index >= 15 is 4.79 Å². The van der Waals surface area contributed by atoms with Crippen LogP contribution < -0.4 is 10.6 Å². The SMILES string of the molecule is COCC1OC(OC)[C@H](OC)C(OC)C1OC1OC(C)C(CC2C(NC(=O)c3cnnn3C3C(NC4C(C)OC(OC5C(COC)OC(OC)C(OC)[C@@H]5OC)C(OC)[C@@H]4OC)C(OC)[C@H](OC)C(CO)C3(O)COC)C(O)(COC)C(CO)C(OC)[C@H]2OC)C(OC)[C@H]1OC. The number of carbonyl (C=O) groups excluding carboxylic acids is 1. The summed E-state index contributed by atoms with van der Waals surface area (Å²) >= 11 is 0. The second-order valence-corrected chi connectivity index (χ2v) is 25.2. The Morgan fingerprint density at radius 1 is 0.469 bits per heavy atom. The van der Waals surface area contributed by atoms with Crippen LogP contribution in [0.1, 0.15) is 36.8 Å². The van der Waals surface area contributed by atoms with Gasteiger partial charge in [0.15, 0.2) is 25.2 Å². The van der Waals surface area contributed by atoms with Crippen LogP contribution in [0.2, 0.25) is 0 Å². The smallest absolute Gasteiger partial charge is 0.271 e. The van der Waals surface area contributed by atoms with Crippen molar-refractivity contribution in [3.05, 3.63) is 11.9 Å². The summed E-state index contributed by atoms with van der Waals surface area (Å²) in [5.74, 6) is -4.76. The lowest BCUT2D eigenvalue weighted by Crippen LogP contribution is -2.75. The standard InChI is InChI=1S/C62H111N5O29/c1-29-31(40(77-7)50(85-15)59(91-29)95-44-36(25-73-3)93-57(89-19)52(87-17)48(44)83-13)21-32-41(78-8)42(79-9)33(23-68)61(71,27-75-5)54(32)65-56(70)35-22-63-66-67(35)55-39(47(82-12)43(80-10)34(24-69)62(55,72)28-76-6)64-38-30(2)92-60(51(86-16)46(38)81-11)96-45-37(26-74-4)94-58(90-20)53(88-18)49(45)84-14/h22,29-34,36-55,57-60,64,68-69,71-72H,21,23-28H2,1-20H3,(H,65,70)/t29?,30?,31?,32?,33?,34?,36?,37?,38?,39?,40?,41-,42?,43+,44?,45?,46+,47?,48?,49+,50+,51?,52+,53?,54?,55?,57?,58?,59?,60?,61?,62?/m0/s1. The number of aromatic nitrogens is 3. The van der Waals surface area contributed by atoms with Gasteiger partial charge in [0.1, 0.15) is 96.2 Å². The Kier molecular flexibility index (Phi) is 31.2. The van der Waals surface area contributed by atoms with Crippen LogP contribution >= 0.6 is 0 Å². The molecule has 0 bridgehead atoms. The number of aliphatic hydroxyl groups excluding tert-OH is 2. The normalized spacial score (nSPS) is 43.9. The van der Waals surface area contributed by atoms with E-state index in [0.717, 1.165) is 0 Å². The van der Waals surface area contributed by atoms with Gasteiger partial charge in [-0.1, -0.05) is 5.21 Å². The van der Waals surface area contributed by atoms with Crippen molar-refractivity contribution in [1.29, 1.82) is 0 Å². The molecule has 1 amide bonds. The number of methoxy groups -OCH3 is 18. The fourth-order valence-electron chi connectivity index (χ4n) is 16.3. The van der Waals surface area contributed by atoms with E-state index < -0.39 is 226 Å². The summed E-state index contributed by atoms with van der Waals surface area (Å²) in [4.78, 5) is 16.0. The summed E-state index contributed by atoms with van der Waals surface area (Å²) in [5, 5.41) is 65.5. The molecule has 1 aromatic heterocycles. The van der Waals surface area contributed by atoms with Gasteiger partial charge in [-0.3, -0.25) is 4.79 Å². The number of ether oxygens (including phenoxy) is 24. The fraction of sp³-hybridized carbons (Fsp3) is 0.952. The molecule has 34 heteroatoms. The third kappa shape index (κ3) is 15.8. The number of nitrogens with zero attached hydrogens (tertiary/aromatic N) is 3. The van der Waals surface area contributed by atoms with E-state index in [0.29, 0.717) is 0 Å². The van der Waals surface area contributed by atoms with Crippen molar-refractivity contribution in [2.45, 2.75) is 191 Å². The van der Waals surface area contributed by atoms with Gasteiger partial charge in [0.25, 0.3) is 5.91 Å². The first-order valence-corrected chi connectivity index (χ1v) is 32.2. The van der Waals surface area contributed by atoms with Crippen LogP contribution in [-0.2, 0) is 114 Å².